The second-order valence-electron chi connectivity index (χ2n) is 7.30. The van der Waals surface area contributed by atoms with Gasteiger partial charge in [0.15, 0.2) is 0 Å². The molecule has 0 radical (unpaired) electrons. The van der Waals surface area contributed by atoms with Gasteiger partial charge < -0.3 is 14.9 Å². The zero-order valence-corrected chi connectivity index (χ0v) is 16.4. The summed E-state index contributed by atoms with van der Waals surface area (Å²) in [6.45, 7) is 3.16. The Bertz CT molecular complexity index is 889. The van der Waals surface area contributed by atoms with E-state index >= 15 is 0 Å². The van der Waals surface area contributed by atoms with Gasteiger partial charge in [-0.2, -0.15) is 0 Å². The van der Waals surface area contributed by atoms with Crippen LogP contribution in [-0.4, -0.2) is 58.8 Å². The van der Waals surface area contributed by atoms with Gasteiger partial charge >= 0.3 is 0 Å². The van der Waals surface area contributed by atoms with Crippen molar-refractivity contribution < 1.29 is 14.7 Å². The van der Waals surface area contributed by atoms with E-state index in [0.717, 1.165) is 18.5 Å². The summed E-state index contributed by atoms with van der Waals surface area (Å²) in [7, 11) is 3.92. The van der Waals surface area contributed by atoms with Crippen molar-refractivity contribution in [3.05, 3.63) is 71.1 Å². The van der Waals surface area contributed by atoms with Crippen LogP contribution >= 0.6 is 0 Å². The zero-order valence-electron chi connectivity index (χ0n) is 16.4. The van der Waals surface area contributed by atoms with E-state index in [0.29, 0.717) is 17.7 Å². The van der Waals surface area contributed by atoms with E-state index in [-0.39, 0.29) is 11.3 Å². The molecule has 1 aliphatic rings. The fourth-order valence-corrected chi connectivity index (χ4v) is 3.42. The van der Waals surface area contributed by atoms with Gasteiger partial charge in [-0.05, 0) is 45.6 Å². The van der Waals surface area contributed by atoms with Crippen molar-refractivity contribution in [2.75, 3.05) is 27.2 Å². The van der Waals surface area contributed by atoms with Gasteiger partial charge in [-0.25, -0.2) is 0 Å². The van der Waals surface area contributed by atoms with Crippen LogP contribution in [0.1, 0.15) is 29.2 Å². The summed E-state index contributed by atoms with van der Waals surface area (Å²) in [6, 6.07) is 10.2. The molecule has 6 heteroatoms. The van der Waals surface area contributed by atoms with E-state index in [2.05, 4.69) is 4.98 Å². The molecule has 1 fully saturated rings. The Kier molecular flexibility index (Phi) is 5.90. The molecule has 1 saturated heterocycles. The number of hydrogen-bond acceptors (Lipinski definition) is 5. The first-order valence-corrected chi connectivity index (χ1v) is 9.30. The van der Waals surface area contributed by atoms with E-state index < -0.39 is 17.7 Å². The van der Waals surface area contributed by atoms with Gasteiger partial charge in [0.25, 0.3) is 11.7 Å². The van der Waals surface area contributed by atoms with Crippen LogP contribution in [0.15, 0.2) is 54.4 Å². The number of carbonyl (C=O) groups excluding carboxylic acids is 2. The first kappa shape index (κ1) is 19.8. The molecule has 0 aliphatic carbocycles. The van der Waals surface area contributed by atoms with Crippen LogP contribution in [0.5, 0.6) is 0 Å². The lowest BCUT2D eigenvalue weighted by molar-refractivity contribution is -0.139. The number of pyridine rings is 1. The van der Waals surface area contributed by atoms with Crippen LogP contribution in [-0.2, 0) is 9.59 Å². The average molecular weight is 379 g/mol. The Morgan fingerprint density at radius 3 is 2.50 bits per heavy atom. The quantitative estimate of drug-likeness (QED) is 0.475. The normalized spacial score (nSPS) is 18.9. The highest BCUT2D eigenvalue weighted by Crippen LogP contribution is 2.39. The molecule has 0 bridgehead atoms. The number of nitrogens with zero attached hydrogens (tertiary/aromatic N) is 3. The molecule has 146 valence electrons. The Morgan fingerprint density at radius 1 is 1.18 bits per heavy atom. The number of hydrogen-bond donors (Lipinski definition) is 1. The molecule has 1 amide bonds. The van der Waals surface area contributed by atoms with E-state index in [4.69, 9.17) is 0 Å². The highest BCUT2D eigenvalue weighted by molar-refractivity contribution is 6.46. The third-order valence-electron chi connectivity index (χ3n) is 4.87. The summed E-state index contributed by atoms with van der Waals surface area (Å²) >= 11 is 0. The lowest BCUT2D eigenvalue weighted by Gasteiger charge is -2.25. The number of ketones is 1. The fourth-order valence-electron chi connectivity index (χ4n) is 3.42. The Labute approximate surface area is 165 Å². The number of likely N-dealkylation sites (tertiary alicyclic amines) is 1. The molecule has 1 atom stereocenters. The molecule has 6 nitrogen and oxygen atoms in total. The van der Waals surface area contributed by atoms with Crippen LogP contribution in [0.3, 0.4) is 0 Å². The number of Topliss-reactive ketones (excluding diaryl/α,β-unsaturated/α-hetero) is 1. The maximum absolute atomic E-state index is 12.8. The molecule has 2 heterocycles. The monoisotopic (exact) mass is 379 g/mol. The standard InChI is InChI=1S/C22H25N3O3/c1-15-7-9-16(10-8-15)20(26)18-19(17-6-4-11-23-14-17)25(22(28)21(18)27)13-5-12-24(2)3/h4,6-11,14,19,26H,5,12-13H2,1-3H3/b20-18+/t19-/m0/s1. The molecule has 1 aromatic carbocycles. The minimum atomic E-state index is -0.656. The van der Waals surface area contributed by atoms with Gasteiger partial charge in [0.1, 0.15) is 5.76 Å². The van der Waals surface area contributed by atoms with Gasteiger partial charge in [0.2, 0.25) is 0 Å². The number of amides is 1. The molecule has 0 unspecified atom stereocenters. The van der Waals surface area contributed by atoms with Crippen molar-refractivity contribution >= 4 is 17.4 Å². The number of aliphatic hydroxyl groups excluding tert-OH is 1. The summed E-state index contributed by atoms with van der Waals surface area (Å²) < 4.78 is 0. The fraction of sp³-hybridized carbons (Fsp3) is 0.318. The van der Waals surface area contributed by atoms with Crippen molar-refractivity contribution in [3.8, 4) is 0 Å². The Balaban J connectivity index is 2.06. The molecule has 1 aliphatic heterocycles. The van der Waals surface area contributed by atoms with Gasteiger partial charge in [-0.15, -0.1) is 0 Å². The van der Waals surface area contributed by atoms with E-state index in [9.17, 15) is 14.7 Å². The molecule has 1 aromatic heterocycles. The van der Waals surface area contributed by atoms with Crippen LogP contribution in [0.4, 0.5) is 0 Å². The van der Waals surface area contributed by atoms with Crippen molar-refractivity contribution in [1.82, 2.24) is 14.8 Å². The van der Waals surface area contributed by atoms with Crippen molar-refractivity contribution in [2.45, 2.75) is 19.4 Å². The van der Waals surface area contributed by atoms with Crippen LogP contribution < -0.4 is 0 Å². The van der Waals surface area contributed by atoms with Crippen molar-refractivity contribution in [3.63, 3.8) is 0 Å². The largest absolute Gasteiger partial charge is 0.507 e. The van der Waals surface area contributed by atoms with Crippen LogP contribution in [0.25, 0.3) is 5.76 Å². The zero-order chi connectivity index (χ0) is 20.3. The first-order valence-electron chi connectivity index (χ1n) is 9.30. The van der Waals surface area contributed by atoms with Crippen LogP contribution in [0.2, 0.25) is 0 Å². The number of benzene rings is 1. The molecule has 28 heavy (non-hydrogen) atoms. The van der Waals surface area contributed by atoms with E-state index in [1.807, 2.05) is 44.1 Å². The molecular formula is C22H25N3O3. The molecular weight excluding hydrogens is 354 g/mol. The predicted octanol–water partition coefficient (Wildman–Crippen LogP) is 2.76. The minimum Gasteiger partial charge on any atom is -0.507 e. The van der Waals surface area contributed by atoms with Crippen molar-refractivity contribution in [1.29, 1.82) is 0 Å². The van der Waals surface area contributed by atoms with Gasteiger partial charge in [0, 0.05) is 24.5 Å². The van der Waals surface area contributed by atoms with E-state index in [1.54, 1.807) is 35.5 Å². The Hall–Kier alpha value is -2.99. The highest BCUT2D eigenvalue weighted by atomic mass is 16.3. The molecule has 0 saturated carbocycles. The number of aromatic nitrogens is 1. The van der Waals surface area contributed by atoms with E-state index in [1.165, 1.54) is 0 Å². The Morgan fingerprint density at radius 2 is 1.89 bits per heavy atom. The molecule has 0 spiro atoms. The van der Waals surface area contributed by atoms with Crippen LogP contribution in [0, 0.1) is 6.92 Å². The average Bonchev–Trinajstić information content (AvgIpc) is 2.93. The highest BCUT2D eigenvalue weighted by Gasteiger charge is 2.45. The molecule has 1 N–H and O–H groups in total. The SMILES string of the molecule is Cc1ccc(/C(O)=C2\C(=O)C(=O)N(CCCN(C)C)[C@H]2c2cccnc2)cc1. The van der Waals surface area contributed by atoms with Gasteiger partial charge in [-0.1, -0.05) is 35.9 Å². The third-order valence-corrected chi connectivity index (χ3v) is 4.87. The second-order valence-corrected chi connectivity index (χ2v) is 7.30. The molecule has 2 aromatic rings. The number of aliphatic hydroxyl groups is 1. The maximum Gasteiger partial charge on any atom is 0.295 e. The summed E-state index contributed by atoms with van der Waals surface area (Å²) in [5, 5.41) is 10.9. The topological polar surface area (TPSA) is 73.7 Å². The third kappa shape index (κ3) is 3.97. The summed E-state index contributed by atoms with van der Waals surface area (Å²) in [6.07, 6.45) is 4.00. The lowest BCUT2D eigenvalue weighted by Crippen LogP contribution is -2.32. The maximum atomic E-state index is 12.8. The van der Waals surface area contributed by atoms with Crippen molar-refractivity contribution in [2.24, 2.45) is 0 Å². The smallest absolute Gasteiger partial charge is 0.295 e. The first-order chi connectivity index (χ1) is 13.4. The predicted molar refractivity (Wildman–Crippen MR) is 108 cm³/mol. The number of rotatable bonds is 6. The number of aryl methyl sites for hydroxylation is 1. The van der Waals surface area contributed by atoms with Gasteiger partial charge in [-0.3, -0.25) is 14.6 Å². The summed E-state index contributed by atoms with van der Waals surface area (Å²) in [4.78, 5) is 33.3. The minimum absolute atomic E-state index is 0.117. The lowest BCUT2D eigenvalue weighted by atomic mass is 9.96. The second kappa shape index (κ2) is 8.35. The summed E-state index contributed by atoms with van der Waals surface area (Å²) in [5.41, 5.74) is 2.39. The number of carbonyl (C=O) groups is 2. The summed E-state index contributed by atoms with van der Waals surface area (Å²) in [5.74, 6) is -1.39. The van der Waals surface area contributed by atoms with Gasteiger partial charge in [0.05, 0.1) is 11.6 Å². The molecule has 3 rings (SSSR count).